The van der Waals surface area contributed by atoms with Crippen LogP contribution in [0.3, 0.4) is 0 Å². The molecular formula is C11H13N3S. The summed E-state index contributed by atoms with van der Waals surface area (Å²) < 4.78 is 0. The van der Waals surface area contributed by atoms with Crippen molar-refractivity contribution >= 4 is 27.8 Å². The van der Waals surface area contributed by atoms with E-state index in [-0.39, 0.29) is 0 Å². The average molecular weight is 219 g/mol. The van der Waals surface area contributed by atoms with E-state index in [1.54, 1.807) is 17.5 Å². The van der Waals surface area contributed by atoms with Crippen molar-refractivity contribution in [3.63, 3.8) is 0 Å². The van der Waals surface area contributed by atoms with Gasteiger partial charge in [-0.15, -0.1) is 11.3 Å². The molecule has 0 aliphatic rings. The van der Waals surface area contributed by atoms with E-state index in [0.29, 0.717) is 0 Å². The number of rotatable bonds is 2. The lowest BCUT2D eigenvalue weighted by Gasteiger charge is -2.16. The molecule has 15 heavy (non-hydrogen) atoms. The predicted octanol–water partition coefficient (Wildman–Crippen LogP) is 2.80. The second-order valence-electron chi connectivity index (χ2n) is 3.41. The van der Waals surface area contributed by atoms with Crippen molar-refractivity contribution in [2.45, 2.75) is 6.92 Å². The fraction of sp³-hybridized carbons (Fsp3) is 0.182. The van der Waals surface area contributed by atoms with E-state index in [1.165, 1.54) is 5.00 Å². The number of thiophene rings is 1. The minimum Gasteiger partial charge on any atom is -0.397 e. The van der Waals surface area contributed by atoms with E-state index in [2.05, 4.69) is 21.3 Å². The van der Waals surface area contributed by atoms with Crippen molar-refractivity contribution in [2.75, 3.05) is 17.7 Å². The summed E-state index contributed by atoms with van der Waals surface area (Å²) in [5.41, 5.74) is 7.52. The number of aryl methyl sites for hydroxylation is 1. The van der Waals surface area contributed by atoms with Crippen molar-refractivity contribution in [2.24, 2.45) is 0 Å². The second-order valence-corrected chi connectivity index (χ2v) is 4.34. The molecule has 2 N–H and O–H groups in total. The molecule has 0 bridgehead atoms. The monoisotopic (exact) mass is 219 g/mol. The highest BCUT2D eigenvalue weighted by molar-refractivity contribution is 7.14. The molecule has 0 amide bonds. The van der Waals surface area contributed by atoms with Crippen molar-refractivity contribution in [3.8, 4) is 0 Å². The van der Waals surface area contributed by atoms with Gasteiger partial charge in [-0.05, 0) is 36.1 Å². The SMILES string of the molecule is Cc1cc(N(C)c2cccs2)ncc1N. The van der Waals surface area contributed by atoms with Crippen LogP contribution in [0.15, 0.2) is 29.8 Å². The molecule has 0 radical (unpaired) electrons. The van der Waals surface area contributed by atoms with Crippen LogP contribution < -0.4 is 10.6 Å². The molecule has 0 atom stereocenters. The number of nitrogens with zero attached hydrogens (tertiary/aromatic N) is 2. The first-order chi connectivity index (χ1) is 7.18. The van der Waals surface area contributed by atoms with E-state index >= 15 is 0 Å². The van der Waals surface area contributed by atoms with Gasteiger partial charge in [-0.25, -0.2) is 4.98 Å². The fourth-order valence-electron chi connectivity index (χ4n) is 1.31. The maximum absolute atomic E-state index is 5.73. The molecule has 78 valence electrons. The summed E-state index contributed by atoms with van der Waals surface area (Å²) in [5.74, 6) is 0.921. The lowest BCUT2D eigenvalue weighted by atomic mass is 10.2. The summed E-state index contributed by atoms with van der Waals surface area (Å²) in [4.78, 5) is 6.36. The first kappa shape index (κ1) is 9.98. The van der Waals surface area contributed by atoms with Crippen LogP contribution in [0.5, 0.6) is 0 Å². The molecule has 0 fully saturated rings. The number of pyridine rings is 1. The third-order valence-electron chi connectivity index (χ3n) is 2.32. The van der Waals surface area contributed by atoms with Gasteiger partial charge in [0.05, 0.1) is 16.9 Å². The van der Waals surface area contributed by atoms with Gasteiger partial charge < -0.3 is 10.6 Å². The molecule has 2 aromatic rings. The summed E-state index contributed by atoms with van der Waals surface area (Å²) >= 11 is 1.69. The van der Waals surface area contributed by atoms with Crippen LogP contribution in [-0.2, 0) is 0 Å². The smallest absolute Gasteiger partial charge is 0.133 e. The molecule has 0 aromatic carbocycles. The maximum atomic E-state index is 5.73. The van der Waals surface area contributed by atoms with E-state index < -0.39 is 0 Å². The van der Waals surface area contributed by atoms with Gasteiger partial charge in [-0.3, -0.25) is 0 Å². The molecule has 0 saturated carbocycles. The van der Waals surface area contributed by atoms with Gasteiger partial charge in [0.15, 0.2) is 0 Å². The van der Waals surface area contributed by atoms with Crippen LogP contribution in [0.4, 0.5) is 16.5 Å². The van der Waals surface area contributed by atoms with Gasteiger partial charge in [0, 0.05) is 7.05 Å². The zero-order valence-corrected chi connectivity index (χ0v) is 9.58. The number of anilines is 3. The lowest BCUT2D eigenvalue weighted by Crippen LogP contribution is -2.10. The highest BCUT2D eigenvalue weighted by Gasteiger charge is 2.06. The maximum Gasteiger partial charge on any atom is 0.133 e. The molecule has 0 spiro atoms. The summed E-state index contributed by atoms with van der Waals surface area (Å²) in [6, 6.07) is 6.09. The van der Waals surface area contributed by atoms with E-state index in [0.717, 1.165) is 17.1 Å². The van der Waals surface area contributed by atoms with Crippen LogP contribution in [-0.4, -0.2) is 12.0 Å². The average Bonchev–Trinajstić information content (AvgIpc) is 2.74. The first-order valence-electron chi connectivity index (χ1n) is 4.68. The van der Waals surface area contributed by atoms with E-state index in [1.807, 2.05) is 26.1 Å². The normalized spacial score (nSPS) is 10.3. The van der Waals surface area contributed by atoms with E-state index in [4.69, 9.17) is 5.73 Å². The Balaban J connectivity index is 2.34. The topological polar surface area (TPSA) is 42.2 Å². The number of aromatic nitrogens is 1. The third-order valence-corrected chi connectivity index (χ3v) is 3.26. The molecule has 2 rings (SSSR count). The molecule has 0 saturated heterocycles. The first-order valence-corrected chi connectivity index (χ1v) is 5.56. The highest BCUT2D eigenvalue weighted by Crippen LogP contribution is 2.27. The largest absolute Gasteiger partial charge is 0.397 e. The van der Waals surface area contributed by atoms with Gasteiger partial charge in [-0.2, -0.15) is 0 Å². The quantitative estimate of drug-likeness (QED) is 0.844. The Morgan fingerprint density at radius 3 is 2.87 bits per heavy atom. The van der Waals surface area contributed by atoms with Gasteiger partial charge in [0.2, 0.25) is 0 Å². The standard InChI is InChI=1S/C11H13N3S/c1-8-6-10(13-7-9(8)12)14(2)11-4-3-5-15-11/h3-7H,12H2,1-2H3. The van der Waals surface area contributed by atoms with Gasteiger partial charge in [-0.1, -0.05) is 0 Å². The van der Waals surface area contributed by atoms with Crippen LogP contribution in [0, 0.1) is 6.92 Å². The van der Waals surface area contributed by atoms with Crippen LogP contribution in [0.2, 0.25) is 0 Å². The van der Waals surface area contributed by atoms with E-state index in [9.17, 15) is 0 Å². The Kier molecular flexibility index (Phi) is 2.60. The van der Waals surface area contributed by atoms with Crippen LogP contribution in [0.25, 0.3) is 0 Å². The molecule has 2 aromatic heterocycles. The number of nitrogens with two attached hydrogens (primary N) is 1. The van der Waals surface area contributed by atoms with Crippen LogP contribution in [0.1, 0.15) is 5.56 Å². The predicted molar refractivity (Wildman–Crippen MR) is 65.8 cm³/mol. The third kappa shape index (κ3) is 1.94. The Hall–Kier alpha value is -1.55. The lowest BCUT2D eigenvalue weighted by molar-refractivity contribution is 1.14. The Labute approximate surface area is 93.2 Å². The number of nitrogen functional groups attached to an aromatic ring is 1. The van der Waals surface area contributed by atoms with Crippen LogP contribution >= 0.6 is 11.3 Å². The second kappa shape index (κ2) is 3.90. The molecule has 4 heteroatoms. The van der Waals surface area contributed by atoms with Gasteiger partial charge in [0.1, 0.15) is 5.82 Å². The minimum absolute atomic E-state index is 0.735. The van der Waals surface area contributed by atoms with Crippen molar-refractivity contribution < 1.29 is 0 Å². The number of hydrogen-bond acceptors (Lipinski definition) is 4. The summed E-state index contributed by atoms with van der Waals surface area (Å²) in [6.45, 7) is 1.99. The molecule has 0 unspecified atom stereocenters. The molecule has 0 aliphatic carbocycles. The minimum atomic E-state index is 0.735. The van der Waals surface area contributed by atoms with Gasteiger partial charge in [0.25, 0.3) is 0 Å². The Morgan fingerprint density at radius 1 is 1.47 bits per heavy atom. The highest BCUT2D eigenvalue weighted by atomic mass is 32.1. The van der Waals surface area contributed by atoms with Crippen molar-refractivity contribution in [1.29, 1.82) is 0 Å². The zero-order valence-electron chi connectivity index (χ0n) is 8.77. The number of hydrogen-bond donors (Lipinski definition) is 1. The fourth-order valence-corrected chi connectivity index (χ4v) is 2.01. The molecule has 2 heterocycles. The molecule has 3 nitrogen and oxygen atoms in total. The molecule has 0 aliphatic heterocycles. The summed E-state index contributed by atoms with van der Waals surface area (Å²) in [6.07, 6.45) is 1.70. The summed E-state index contributed by atoms with van der Waals surface area (Å²) in [5, 5.41) is 3.22. The molecular weight excluding hydrogens is 206 g/mol. The van der Waals surface area contributed by atoms with Crippen molar-refractivity contribution in [3.05, 3.63) is 35.3 Å². The zero-order chi connectivity index (χ0) is 10.8. The van der Waals surface area contributed by atoms with Gasteiger partial charge >= 0.3 is 0 Å². The van der Waals surface area contributed by atoms with Crippen molar-refractivity contribution in [1.82, 2.24) is 4.98 Å². The summed E-state index contributed by atoms with van der Waals surface area (Å²) in [7, 11) is 2.00. The Bertz CT molecular complexity index is 451. The Morgan fingerprint density at radius 2 is 2.27 bits per heavy atom.